The van der Waals surface area contributed by atoms with Gasteiger partial charge < -0.3 is 4.74 Å². The number of nitrogens with zero attached hydrogens (tertiary/aromatic N) is 1. The van der Waals surface area contributed by atoms with Gasteiger partial charge in [0.15, 0.2) is 0 Å². The van der Waals surface area contributed by atoms with Crippen molar-refractivity contribution in [3.63, 3.8) is 0 Å². The van der Waals surface area contributed by atoms with Crippen LogP contribution in [0.2, 0.25) is 0 Å². The molecule has 2 rings (SSSR count). The van der Waals surface area contributed by atoms with Crippen LogP contribution in [-0.2, 0) is 9.53 Å². The fraction of sp³-hybridized carbons (Fsp3) is 0.846. The van der Waals surface area contributed by atoms with Crippen LogP contribution in [0, 0.1) is 17.8 Å². The highest BCUT2D eigenvalue weighted by atomic mass is 16.5. The summed E-state index contributed by atoms with van der Waals surface area (Å²) in [7, 11) is 1.30. The molecule has 0 saturated heterocycles. The molecule has 0 aromatic rings. The van der Waals surface area contributed by atoms with Crippen molar-refractivity contribution in [2.75, 3.05) is 7.11 Å². The quantitative estimate of drug-likeness (QED) is 0.766. The highest BCUT2D eigenvalue weighted by Crippen LogP contribution is 2.48. The first-order valence-corrected chi connectivity index (χ1v) is 6.70. The number of hydrogen-bond donors (Lipinski definition) is 1. The van der Waals surface area contributed by atoms with Gasteiger partial charge in [0.2, 0.25) is 5.91 Å². The fourth-order valence-corrected chi connectivity index (χ4v) is 3.31. The minimum atomic E-state index is -0.583. The maximum absolute atomic E-state index is 12.5. The van der Waals surface area contributed by atoms with E-state index in [2.05, 4.69) is 10.2 Å². The number of methoxy groups -OCH3 is 1. The van der Waals surface area contributed by atoms with Crippen molar-refractivity contribution in [2.45, 2.75) is 45.6 Å². The van der Waals surface area contributed by atoms with E-state index in [0.717, 1.165) is 18.8 Å². The minimum absolute atomic E-state index is 0.0441. The number of nitrogens with one attached hydrogen (secondary N) is 1. The molecule has 0 aromatic heterocycles. The Balaban J connectivity index is 2.02. The lowest BCUT2D eigenvalue weighted by molar-refractivity contribution is -0.142. The Bertz CT molecular complexity index is 343. The molecule has 1 N–H and O–H groups in total. The number of fused-ring (bicyclic) bond motifs is 2. The molecule has 2 aliphatic rings. The molecular weight excluding hydrogens is 232 g/mol. The molecule has 3 atom stereocenters. The summed E-state index contributed by atoms with van der Waals surface area (Å²) in [5.74, 6) is 1.37. The summed E-state index contributed by atoms with van der Waals surface area (Å²) in [5.41, 5.74) is 2.52. The molecule has 18 heavy (non-hydrogen) atoms. The number of hydrazine groups is 1. The molecule has 3 unspecified atom stereocenters. The highest BCUT2D eigenvalue weighted by molar-refractivity contribution is 5.82. The molecule has 5 heteroatoms. The molecule has 102 valence electrons. The van der Waals surface area contributed by atoms with Crippen LogP contribution < -0.4 is 5.43 Å². The zero-order valence-corrected chi connectivity index (χ0v) is 11.3. The number of amides is 2. The third-order valence-corrected chi connectivity index (χ3v) is 4.21. The summed E-state index contributed by atoms with van der Waals surface area (Å²) in [6.45, 7) is 3.78. The van der Waals surface area contributed by atoms with E-state index in [0.29, 0.717) is 5.92 Å². The average Bonchev–Trinajstić information content (AvgIpc) is 2.96. The molecule has 0 spiro atoms. The molecule has 0 aromatic carbocycles. The number of ether oxygens (including phenoxy) is 1. The Morgan fingerprint density at radius 3 is 2.44 bits per heavy atom. The van der Waals surface area contributed by atoms with Gasteiger partial charge in [0.25, 0.3) is 0 Å². The first-order chi connectivity index (χ1) is 8.52. The first-order valence-electron chi connectivity index (χ1n) is 6.70. The Hall–Kier alpha value is -1.26. The normalized spacial score (nSPS) is 29.4. The predicted octanol–water partition coefficient (Wildman–Crippen LogP) is 1.93. The third kappa shape index (κ3) is 2.44. The summed E-state index contributed by atoms with van der Waals surface area (Å²) in [4.78, 5) is 23.8. The molecular formula is C13H22N2O3. The lowest BCUT2D eigenvalue weighted by atomic mass is 9.88. The largest absolute Gasteiger partial charge is 0.452 e. The van der Waals surface area contributed by atoms with Crippen molar-refractivity contribution < 1.29 is 14.3 Å². The molecule has 0 radical (unpaired) electrons. The Morgan fingerprint density at radius 2 is 2.00 bits per heavy atom. The molecule has 2 amide bonds. The maximum atomic E-state index is 12.5. The van der Waals surface area contributed by atoms with E-state index in [4.69, 9.17) is 0 Å². The number of hydrogen-bond acceptors (Lipinski definition) is 3. The van der Waals surface area contributed by atoms with E-state index in [9.17, 15) is 9.59 Å². The van der Waals surface area contributed by atoms with Gasteiger partial charge in [-0.15, -0.1) is 0 Å². The third-order valence-electron chi connectivity index (χ3n) is 4.21. The van der Waals surface area contributed by atoms with Crippen molar-refractivity contribution in [3.8, 4) is 0 Å². The number of carbonyl (C=O) groups excluding carboxylic acids is 2. The van der Waals surface area contributed by atoms with Gasteiger partial charge in [-0.1, -0.05) is 6.42 Å². The van der Waals surface area contributed by atoms with Crippen LogP contribution in [0.25, 0.3) is 0 Å². The minimum Gasteiger partial charge on any atom is -0.452 e. The van der Waals surface area contributed by atoms with Gasteiger partial charge in [0, 0.05) is 12.0 Å². The second kappa shape index (κ2) is 5.16. The Morgan fingerprint density at radius 1 is 1.28 bits per heavy atom. The summed E-state index contributed by atoms with van der Waals surface area (Å²) in [6, 6.07) is -0.0595. The molecule has 2 aliphatic carbocycles. The van der Waals surface area contributed by atoms with Crippen molar-refractivity contribution in [2.24, 2.45) is 17.8 Å². The van der Waals surface area contributed by atoms with Gasteiger partial charge >= 0.3 is 6.09 Å². The molecule has 2 fully saturated rings. The van der Waals surface area contributed by atoms with Crippen molar-refractivity contribution in [1.29, 1.82) is 0 Å². The smallest absolute Gasteiger partial charge is 0.425 e. The van der Waals surface area contributed by atoms with Crippen LogP contribution in [0.3, 0.4) is 0 Å². The lowest BCUT2D eigenvalue weighted by Gasteiger charge is -2.31. The lowest BCUT2D eigenvalue weighted by Crippen LogP contribution is -2.52. The second-order valence-corrected chi connectivity index (χ2v) is 5.69. The monoisotopic (exact) mass is 254 g/mol. The fourth-order valence-electron chi connectivity index (χ4n) is 3.31. The van der Waals surface area contributed by atoms with Crippen molar-refractivity contribution in [1.82, 2.24) is 10.4 Å². The van der Waals surface area contributed by atoms with Gasteiger partial charge in [-0.05, 0) is 44.9 Å². The Kier molecular flexibility index (Phi) is 3.78. The van der Waals surface area contributed by atoms with E-state index in [1.807, 2.05) is 13.8 Å². The number of carbonyl (C=O) groups is 2. The number of rotatable bonds is 2. The van der Waals surface area contributed by atoms with Crippen LogP contribution in [0.1, 0.15) is 39.5 Å². The van der Waals surface area contributed by atoms with Gasteiger partial charge in [0.1, 0.15) is 0 Å². The SMILES string of the molecule is COC(=O)NN(C(=O)C1CC2CCC1C2)C(C)C. The van der Waals surface area contributed by atoms with Crippen LogP contribution in [0.5, 0.6) is 0 Å². The first kappa shape index (κ1) is 13.2. The van der Waals surface area contributed by atoms with Gasteiger partial charge in [-0.25, -0.2) is 15.2 Å². The molecule has 2 bridgehead atoms. The van der Waals surface area contributed by atoms with E-state index in [-0.39, 0.29) is 17.9 Å². The maximum Gasteiger partial charge on any atom is 0.425 e. The van der Waals surface area contributed by atoms with E-state index in [1.54, 1.807) is 0 Å². The van der Waals surface area contributed by atoms with E-state index >= 15 is 0 Å². The van der Waals surface area contributed by atoms with Gasteiger partial charge in [-0.2, -0.15) is 0 Å². The van der Waals surface area contributed by atoms with Crippen molar-refractivity contribution >= 4 is 12.0 Å². The summed E-state index contributed by atoms with van der Waals surface area (Å²) < 4.78 is 4.56. The predicted molar refractivity (Wildman–Crippen MR) is 66.5 cm³/mol. The highest BCUT2D eigenvalue weighted by Gasteiger charge is 2.45. The molecule has 0 heterocycles. The molecule has 2 saturated carbocycles. The second-order valence-electron chi connectivity index (χ2n) is 5.69. The molecule has 0 aliphatic heterocycles. The summed E-state index contributed by atoms with van der Waals surface area (Å²) in [6.07, 6.45) is 4.00. The van der Waals surface area contributed by atoms with Crippen LogP contribution in [-0.4, -0.2) is 30.2 Å². The summed E-state index contributed by atoms with van der Waals surface area (Å²) in [5, 5.41) is 1.43. The topological polar surface area (TPSA) is 58.6 Å². The zero-order valence-electron chi connectivity index (χ0n) is 11.3. The van der Waals surface area contributed by atoms with Crippen LogP contribution >= 0.6 is 0 Å². The van der Waals surface area contributed by atoms with E-state index in [1.165, 1.54) is 25.0 Å². The van der Waals surface area contributed by atoms with Crippen LogP contribution in [0.4, 0.5) is 4.79 Å². The van der Waals surface area contributed by atoms with Crippen LogP contribution in [0.15, 0.2) is 0 Å². The molecule has 5 nitrogen and oxygen atoms in total. The van der Waals surface area contributed by atoms with Gasteiger partial charge in [0.05, 0.1) is 7.11 Å². The van der Waals surface area contributed by atoms with E-state index < -0.39 is 6.09 Å². The van der Waals surface area contributed by atoms with Gasteiger partial charge in [-0.3, -0.25) is 4.79 Å². The standard InChI is InChI=1S/C13H22N2O3/c1-8(2)15(14-13(17)18-3)12(16)11-7-9-4-5-10(11)6-9/h8-11H,4-7H2,1-3H3,(H,14,17). The summed E-state index contributed by atoms with van der Waals surface area (Å²) >= 11 is 0. The zero-order chi connectivity index (χ0) is 13.3. The van der Waals surface area contributed by atoms with Crippen molar-refractivity contribution in [3.05, 3.63) is 0 Å². The Labute approximate surface area is 108 Å². The average molecular weight is 254 g/mol.